The largest absolute Gasteiger partial charge is 0.351 e. The SMILES string of the molecule is CCc1ccc(N(CCC(=O)NC(C)(C)C)C(C)=O)cc1. The summed E-state index contributed by atoms with van der Waals surface area (Å²) in [5.74, 6) is -0.0956. The van der Waals surface area contributed by atoms with Gasteiger partial charge in [-0.1, -0.05) is 19.1 Å². The molecule has 0 unspecified atom stereocenters. The van der Waals surface area contributed by atoms with Crippen molar-refractivity contribution in [3.63, 3.8) is 0 Å². The maximum absolute atomic E-state index is 11.9. The van der Waals surface area contributed by atoms with Crippen LogP contribution < -0.4 is 10.2 Å². The standard InChI is InChI=1S/C17H26N2O2/c1-6-14-7-9-15(10-8-14)19(13(2)20)12-11-16(21)18-17(3,4)5/h7-10H,6,11-12H2,1-5H3,(H,18,21). The van der Waals surface area contributed by atoms with Gasteiger partial charge in [-0.15, -0.1) is 0 Å². The van der Waals surface area contributed by atoms with Gasteiger partial charge < -0.3 is 10.2 Å². The summed E-state index contributed by atoms with van der Waals surface area (Å²) in [6.45, 7) is 9.83. The summed E-state index contributed by atoms with van der Waals surface area (Å²) in [5.41, 5.74) is 1.82. The molecular formula is C17H26N2O2. The molecule has 0 aliphatic carbocycles. The smallest absolute Gasteiger partial charge is 0.223 e. The summed E-state index contributed by atoms with van der Waals surface area (Å²) in [6, 6.07) is 7.89. The Morgan fingerprint density at radius 1 is 1.14 bits per heavy atom. The molecule has 2 amide bonds. The highest BCUT2D eigenvalue weighted by molar-refractivity contribution is 5.92. The topological polar surface area (TPSA) is 49.4 Å². The predicted octanol–water partition coefficient (Wildman–Crippen LogP) is 2.91. The van der Waals surface area contributed by atoms with Crippen LogP contribution in [0.25, 0.3) is 0 Å². The number of carbonyl (C=O) groups excluding carboxylic acids is 2. The lowest BCUT2D eigenvalue weighted by Crippen LogP contribution is -2.42. The Bertz CT molecular complexity index is 487. The van der Waals surface area contributed by atoms with Gasteiger partial charge in [-0.05, 0) is 44.9 Å². The van der Waals surface area contributed by atoms with Crippen LogP contribution in [-0.4, -0.2) is 23.9 Å². The third-order valence-electron chi connectivity index (χ3n) is 3.11. The Hall–Kier alpha value is -1.84. The van der Waals surface area contributed by atoms with E-state index in [0.717, 1.165) is 12.1 Å². The highest BCUT2D eigenvalue weighted by Gasteiger charge is 2.17. The van der Waals surface area contributed by atoms with Crippen molar-refractivity contribution >= 4 is 17.5 Å². The Morgan fingerprint density at radius 3 is 2.14 bits per heavy atom. The van der Waals surface area contributed by atoms with Crippen LogP contribution in [0, 0.1) is 0 Å². The van der Waals surface area contributed by atoms with Crippen LogP contribution in [0.3, 0.4) is 0 Å². The highest BCUT2D eigenvalue weighted by Crippen LogP contribution is 2.16. The first-order valence-electron chi connectivity index (χ1n) is 7.41. The van der Waals surface area contributed by atoms with E-state index >= 15 is 0 Å². The summed E-state index contributed by atoms with van der Waals surface area (Å²) in [4.78, 5) is 25.3. The summed E-state index contributed by atoms with van der Waals surface area (Å²) >= 11 is 0. The van der Waals surface area contributed by atoms with Crippen LogP contribution >= 0.6 is 0 Å². The first-order chi connectivity index (χ1) is 9.73. The normalized spacial score (nSPS) is 11.1. The Labute approximate surface area is 127 Å². The van der Waals surface area contributed by atoms with E-state index < -0.39 is 0 Å². The van der Waals surface area contributed by atoms with E-state index in [0.29, 0.717) is 13.0 Å². The van der Waals surface area contributed by atoms with Gasteiger partial charge in [0.05, 0.1) is 0 Å². The number of nitrogens with one attached hydrogen (secondary N) is 1. The van der Waals surface area contributed by atoms with Gasteiger partial charge in [0, 0.05) is 31.1 Å². The third-order valence-corrected chi connectivity index (χ3v) is 3.11. The van der Waals surface area contributed by atoms with Crippen molar-refractivity contribution in [1.82, 2.24) is 5.32 Å². The molecule has 0 saturated carbocycles. The summed E-state index contributed by atoms with van der Waals surface area (Å²) in [6.07, 6.45) is 1.26. The first kappa shape index (κ1) is 17.2. The van der Waals surface area contributed by atoms with Gasteiger partial charge in [0.1, 0.15) is 0 Å². The zero-order valence-electron chi connectivity index (χ0n) is 13.7. The number of hydrogen-bond donors (Lipinski definition) is 1. The average molecular weight is 290 g/mol. The molecule has 1 rings (SSSR count). The van der Waals surface area contributed by atoms with Crippen molar-refractivity contribution < 1.29 is 9.59 Å². The second-order valence-corrected chi connectivity index (χ2v) is 6.24. The molecule has 0 spiro atoms. The average Bonchev–Trinajstić information content (AvgIpc) is 2.37. The molecule has 1 N–H and O–H groups in total. The lowest BCUT2D eigenvalue weighted by molar-refractivity contribution is -0.122. The van der Waals surface area contributed by atoms with Crippen molar-refractivity contribution in [3.8, 4) is 0 Å². The fraction of sp³-hybridized carbons (Fsp3) is 0.529. The maximum Gasteiger partial charge on any atom is 0.223 e. The molecule has 21 heavy (non-hydrogen) atoms. The minimum Gasteiger partial charge on any atom is -0.351 e. The highest BCUT2D eigenvalue weighted by atomic mass is 16.2. The van der Waals surface area contributed by atoms with Crippen LogP contribution in [0.4, 0.5) is 5.69 Å². The van der Waals surface area contributed by atoms with E-state index in [-0.39, 0.29) is 17.4 Å². The second kappa shape index (κ2) is 7.25. The number of anilines is 1. The van der Waals surface area contributed by atoms with E-state index in [1.54, 1.807) is 4.90 Å². The predicted molar refractivity (Wildman–Crippen MR) is 86.4 cm³/mol. The Balaban J connectivity index is 2.70. The molecule has 0 fully saturated rings. The lowest BCUT2D eigenvalue weighted by atomic mass is 10.1. The van der Waals surface area contributed by atoms with Crippen molar-refractivity contribution in [3.05, 3.63) is 29.8 Å². The number of aryl methyl sites for hydroxylation is 1. The molecule has 0 aromatic heterocycles. The number of benzene rings is 1. The Kier molecular flexibility index (Phi) is 5.94. The van der Waals surface area contributed by atoms with Crippen molar-refractivity contribution in [2.24, 2.45) is 0 Å². The lowest BCUT2D eigenvalue weighted by Gasteiger charge is -2.24. The van der Waals surface area contributed by atoms with Gasteiger partial charge in [-0.2, -0.15) is 0 Å². The van der Waals surface area contributed by atoms with Gasteiger partial charge in [-0.25, -0.2) is 0 Å². The maximum atomic E-state index is 11.9. The van der Waals surface area contributed by atoms with Crippen LogP contribution in [0.2, 0.25) is 0 Å². The molecule has 0 saturated heterocycles. The molecule has 4 nitrogen and oxygen atoms in total. The van der Waals surface area contributed by atoms with E-state index in [1.807, 2.05) is 45.0 Å². The Morgan fingerprint density at radius 2 is 1.71 bits per heavy atom. The molecule has 0 bridgehead atoms. The number of rotatable bonds is 5. The molecule has 1 aromatic carbocycles. The van der Waals surface area contributed by atoms with E-state index in [9.17, 15) is 9.59 Å². The van der Waals surface area contributed by atoms with E-state index in [2.05, 4.69) is 12.2 Å². The van der Waals surface area contributed by atoms with Crippen molar-refractivity contribution in [1.29, 1.82) is 0 Å². The van der Waals surface area contributed by atoms with Crippen LogP contribution in [0.5, 0.6) is 0 Å². The summed E-state index contributed by atoms with van der Waals surface area (Å²) in [7, 11) is 0. The van der Waals surface area contributed by atoms with E-state index in [4.69, 9.17) is 0 Å². The van der Waals surface area contributed by atoms with Gasteiger partial charge >= 0.3 is 0 Å². The van der Waals surface area contributed by atoms with Crippen molar-refractivity contribution in [2.45, 2.75) is 53.0 Å². The quantitative estimate of drug-likeness (QED) is 0.906. The molecule has 0 atom stereocenters. The molecule has 0 radical (unpaired) electrons. The summed E-state index contributed by atoms with van der Waals surface area (Å²) in [5, 5.41) is 2.91. The third kappa shape index (κ3) is 5.98. The number of hydrogen-bond acceptors (Lipinski definition) is 2. The second-order valence-electron chi connectivity index (χ2n) is 6.24. The molecule has 0 heterocycles. The zero-order valence-corrected chi connectivity index (χ0v) is 13.7. The minimum atomic E-state index is -0.249. The number of nitrogens with zero attached hydrogens (tertiary/aromatic N) is 1. The van der Waals surface area contributed by atoms with Crippen LogP contribution in [0.1, 0.15) is 46.6 Å². The van der Waals surface area contributed by atoms with Gasteiger partial charge in [-0.3, -0.25) is 9.59 Å². The minimum absolute atomic E-state index is 0.0427. The first-order valence-corrected chi connectivity index (χ1v) is 7.41. The van der Waals surface area contributed by atoms with E-state index in [1.165, 1.54) is 12.5 Å². The molecule has 0 aliphatic heterocycles. The van der Waals surface area contributed by atoms with Crippen LogP contribution in [0.15, 0.2) is 24.3 Å². The molecule has 0 aliphatic rings. The zero-order chi connectivity index (χ0) is 16.0. The van der Waals surface area contributed by atoms with Gasteiger partial charge in [0.15, 0.2) is 0 Å². The molecule has 4 heteroatoms. The molecular weight excluding hydrogens is 264 g/mol. The summed E-state index contributed by atoms with van der Waals surface area (Å²) < 4.78 is 0. The van der Waals surface area contributed by atoms with Gasteiger partial charge in [0.25, 0.3) is 0 Å². The van der Waals surface area contributed by atoms with Gasteiger partial charge in [0.2, 0.25) is 11.8 Å². The molecule has 1 aromatic rings. The van der Waals surface area contributed by atoms with Crippen LogP contribution in [-0.2, 0) is 16.0 Å². The van der Waals surface area contributed by atoms with Crippen molar-refractivity contribution in [2.75, 3.05) is 11.4 Å². The fourth-order valence-electron chi connectivity index (χ4n) is 2.07. The fourth-order valence-corrected chi connectivity index (χ4v) is 2.07. The molecule has 116 valence electrons. The number of carbonyl (C=O) groups is 2. The number of amides is 2. The monoisotopic (exact) mass is 290 g/mol.